The summed E-state index contributed by atoms with van der Waals surface area (Å²) in [5.41, 5.74) is 0. The maximum absolute atomic E-state index is 2.26. The van der Waals surface area contributed by atoms with Crippen LogP contribution in [0.25, 0.3) is 0 Å². The summed E-state index contributed by atoms with van der Waals surface area (Å²) >= 11 is 0.825. The van der Waals surface area contributed by atoms with E-state index in [9.17, 15) is 0 Å². The van der Waals surface area contributed by atoms with Crippen LogP contribution in [0, 0.1) is 0 Å². The van der Waals surface area contributed by atoms with Gasteiger partial charge in [-0.2, -0.15) is 0 Å². The van der Waals surface area contributed by atoms with E-state index in [0.717, 1.165) is 28.0 Å². The third kappa shape index (κ3) is 0.904. The van der Waals surface area contributed by atoms with Crippen molar-refractivity contribution in [2.45, 2.75) is 3.67 Å². The van der Waals surface area contributed by atoms with Crippen LogP contribution in [0.3, 0.4) is 0 Å². The first kappa shape index (κ1) is 4.51. The predicted molar refractivity (Wildman–Crippen MR) is 30.6 cm³/mol. The second-order valence-electron chi connectivity index (χ2n) is 1.63. The Bertz CT molecular complexity index is 80.1. The fourth-order valence-electron chi connectivity index (χ4n) is 0.543. The molecule has 0 saturated heterocycles. The molecular formula is C5H7In. The number of hydrogen-bond acceptors (Lipinski definition) is 0. The molecule has 6 heavy (non-hydrogen) atoms. The van der Waals surface area contributed by atoms with Crippen molar-refractivity contribution in [3.63, 3.8) is 0 Å². The van der Waals surface area contributed by atoms with Crippen LogP contribution in [0.5, 0.6) is 0 Å². The third-order valence-corrected chi connectivity index (χ3v) is 3.14. The molecule has 1 heteroatoms. The van der Waals surface area contributed by atoms with Gasteiger partial charge in [-0.3, -0.25) is 0 Å². The van der Waals surface area contributed by atoms with Crippen molar-refractivity contribution in [1.29, 1.82) is 0 Å². The molecule has 0 spiro atoms. The SMILES string of the molecule is [InH2][CH]1C=CC=C1. The Morgan fingerprint density at radius 2 is 1.67 bits per heavy atom. The second kappa shape index (κ2) is 1.87. The first-order valence-corrected chi connectivity index (χ1v) is 5.54. The van der Waals surface area contributed by atoms with E-state index in [1.165, 1.54) is 0 Å². The zero-order chi connectivity index (χ0) is 4.41. The number of allylic oxidation sites excluding steroid dienone is 4. The molecule has 0 amide bonds. The van der Waals surface area contributed by atoms with Crippen LogP contribution < -0.4 is 0 Å². The molecule has 0 nitrogen and oxygen atoms in total. The minimum absolute atomic E-state index is 0.825. The quantitative estimate of drug-likeness (QED) is 0.512. The van der Waals surface area contributed by atoms with Crippen LogP contribution in [-0.4, -0.2) is 24.4 Å². The van der Waals surface area contributed by atoms with Crippen molar-refractivity contribution in [3.05, 3.63) is 24.3 Å². The Kier molecular flexibility index (Phi) is 1.41. The molecule has 0 unspecified atom stereocenters. The van der Waals surface area contributed by atoms with E-state index in [2.05, 4.69) is 24.3 Å². The fourth-order valence-corrected chi connectivity index (χ4v) is 1.81. The topological polar surface area (TPSA) is 0 Å². The molecule has 0 aromatic carbocycles. The van der Waals surface area contributed by atoms with Crippen LogP contribution in [0.4, 0.5) is 0 Å². The number of hydrogen-bond donors (Lipinski definition) is 0. The van der Waals surface area contributed by atoms with Crippen molar-refractivity contribution >= 4 is 24.4 Å². The van der Waals surface area contributed by atoms with Gasteiger partial charge in [0.25, 0.3) is 0 Å². The monoisotopic (exact) mass is 182 g/mol. The molecule has 0 bridgehead atoms. The molecule has 0 aromatic rings. The Morgan fingerprint density at radius 3 is 1.83 bits per heavy atom. The van der Waals surface area contributed by atoms with Crippen molar-refractivity contribution in [2.75, 3.05) is 0 Å². The molecule has 0 aliphatic heterocycles. The van der Waals surface area contributed by atoms with Gasteiger partial charge in [-0.1, -0.05) is 0 Å². The molecule has 0 fully saturated rings. The summed E-state index contributed by atoms with van der Waals surface area (Å²) < 4.78 is 0.895. The summed E-state index contributed by atoms with van der Waals surface area (Å²) in [6.45, 7) is 0. The summed E-state index contributed by atoms with van der Waals surface area (Å²) in [6.07, 6.45) is 8.77. The molecule has 1 rings (SSSR count). The van der Waals surface area contributed by atoms with Gasteiger partial charge < -0.3 is 0 Å². The van der Waals surface area contributed by atoms with Gasteiger partial charge in [0.05, 0.1) is 0 Å². The summed E-state index contributed by atoms with van der Waals surface area (Å²) in [5, 5.41) is 0. The zero-order valence-electron chi connectivity index (χ0n) is 3.89. The Morgan fingerprint density at radius 1 is 1.17 bits per heavy atom. The first-order valence-electron chi connectivity index (χ1n) is 2.24. The summed E-state index contributed by atoms with van der Waals surface area (Å²) in [4.78, 5) is 0. The molecule has 0 atom stereocenters. The minimum atomic E-state index is 0.825. The van der Waals surface area contributed by atoms with E-state index in [1.54, 1.807) is 0 Å². The van der Waals surface area contributed by atoms with Gasteiger partial charge in [0, 0.05) is 0 Å². The van der Waals surface area contributed by atoms with E-state index >= 15 is 0 Å². The average Bonchev–Trinajstić information content (AvgIpc) is 1.86. The molecule has 0 heterocycles. The van der Waals surface area contributed by atoms with Gasteiger partial charge in [-0.05, 0) is 0 Å². The molecule has 1 aliphatic rings. The van der Waals surface area contributed by atoms with Crippen molar-refractivity contribution in [1.82, 2.24) is 0 Å². The molecular weight excluding hydrogens is 175 g/mol. The van der Waals surface area contributed by atoms with E-state index in [-0.39, 0.29) is 0 Å². The van der Waals surface area contributed by atoms with Crippen LogP contribution in [-0.2, 0) is 0 Å². The normalized spacial score (nSPS) is 20.0. The fraction of sp³-hybridized carbons (Fsp3) is 0.200. The second-order valence-corrected chi connectivity index (χ2v) is 5.43. The van der Waals surface area contributed by atoms with E-state index in [0.29, 0.717) is 0 Å². The van der Waals surface area contributed by atoms with Gasteiger partial charge in [0.1, 0.15) is 0 Å². The molecule has 0 saturated carbocycles. The van der Waals surface area contributed by atoms with E-state index in [1.807, 2.05) is 0 Å². The van der Waals surface area contributed by atoms with Gasteiger partial charge >= 0.3 is 52.4 Å². The summed E-state index contributed by atoms with van der Waals surface area (Å²) in [6, 6.07) is 0. The van der Waals surface area contributed by atoms with Crippen molar-refractivity contribution < 1.29 is 0 Å². The Balaban J connectivity index is 2.60. The molecule has 30 valence electrons. The molecule has 0 radical (unpaired) electrons. The van der Waals surface area contributed by atoms with Crippen molar-refractivity contribution in [2.24, 2.45) is 0 Å². The molecule has 1 aliphatic carbocycles. The van der Waals surface area contributed by atoms with E-state index < -0.39 is 0 Å². The van der Waals surface area contributed by atoms with Crippen LogP contribution in [0.15, 0.2) is 24.3 Å². The predicted octanol–water partition coefficient (Wildman–Crippen LogP) is 0.534. The molecule has 0 N–H and O–H groups in total. The zero-order valence-corrected chi connectivity index (χ0v) is 9.59. The summed E-state index contributed by atoms with van der Waals surface area (Å²) in [7, 11) is 0. The maximum atomic E-state index is 2.26. The summed E-state index contributed by atoms with van der Waals surface area (Å²) in [5.74, 6) is 0. The van der Waals surface area contributed by atoms with Crippen LogP contribution in [0.1, 0.15) is 0 Å². The van der Waals surface area contributed by atoms with Crippen molar-refractivity contribution in [3.8, 4) is 0 Å². The van der Waals surface area contributed by atoms with Gasteiger partial charge in [0.15, 0.2) is 0 Å². The van der Waals surface area contributed by atoms with E-state index in [4.69, 9.17) is 0 Å². The van der Waals surface area contributed by atoms with Gasteiger partial charge in [0.2, 0.25) is 0 Å². The van der Waals surface area contributed by atoms with Gasteiger partial charge in [-0.25, -0.2) is 0 Å². The Labute approximate surface area is 52.5 Å². The Hall–Kier alpha value is 0.350. The number of rotatable bonds is 0. The third-order valence-electron chi connectivity index (χ3n) is 0.940. The average molecular weight is 182 g/mol. The molecule has 0 aromatic heterocycles. The first-order chi connectivity index (χ1) is 2.89. The van der Waals surface area contributed by atoms with Crippen LogP contribution in [0.2, 0.25) is 3.67 Å². The standard InChI is InChI=1S/C5H5.In.2H/c1-2-4-5-3-1;;;/h1-5H;;;. The van der Waals surface area contributed by atoms with Gasteiger partial charge in [-0.15, -0.1) is 0 Å². The van der Waals surface area contributed by atoms with Crippen LogP contribution >= 0.6 is 0 Å².